The topological polar surface area (TPSA) is 78.4 Å². The number of guanidine groups is 1. The van der Waals surface area contributed by atoms with E-state index in [0.29, 0.717) is 12.0 Å². The van der Waals surface area contributed by atoms with Crippen LogP contribution in [0.25, 0.3) is 0 Å². The number of piperidine rings is 1. The van der Waals surface area contributed by atoms with Crippen molar-refractivity contribution < 1.29 is 14.3 Å². The number of likely N-dealkylation sites (tertiary alicyclic amines) is 1. The third-order valence-electron chi connectivity index (χ3n) is 5.30. The molecule has 0 spiro atoms. The minimum atomic E-state index is 0.00372. The van der Waals surface area contributed by atoms with Crippen LogP contribution in [0.3, 0.4) is 0 Å². The molecule has 8 nitrogen and oxygen atoms in total. The van der Waals surface area contributed by atoms with Crippen LogP contribution in [0.4, 0.5) is 0 Å². The number of hydrogen-bond acceptors (Lipinski definition) is 5. The normalized spacial score (nSPS) is 21.7. The number of nitrogens with zero attached hydrogens (tertiary/aromatic N) is 3. The Morgan fingerprint density at radius 3 is 2.71 bits per heavy atom. The average molecular weight is 398 g/mol. The fraction of sp³-hybridized carbons (Fsp3) is 0.900. The molecular weight excluding hydrogens is 358 g/mol. The van der Waals surface area contributed by atoms with Crippen LogP contribution in [0.15, 0.2) is 4.99 Å². The second-order valence-electron chi connectivity index (χ2n) is 7.88. The summed E-state index contributed by atoms with van der Waals surface area (Å²) in [7, 11) is 3.51. The first-order valence-electron chi connectivity index (χ1n) is 10.7. The first-order chi connectivity index (χ1) is 13.6. The molecule has 1 amide bonds. The van der Waals surface area contributed by atoms with E-state index in [-0.39, 0.29) is 12.5 Å². The van der Waals surface area contributed by atoms with E-state index in [9.17, 15) is 4.79 Å². The number of ether oxygens (including phenoxy) is 2. The van der Waals surface area contributed by atoms with E-state index in [2.05, 4.69) is 20.5 Å². The summed E-state index contributed by atoms with van der Waals surface area (Å²) in [6.45, 7) is 9.60. The Morgan fingerprint density at radius 2 is 2.07 bits per heavy atom. The van der Waals surface area contributed by atoms with E-state index in [1.54, 1.807) is 19.0 Å². The zero-order valence-electron chi connectivity index (χ0n) is 17.9. The molecule has 0 aliphatic carbocycles. The Kier molecular flexibility index (Phi) is 10.6. The quantitative estimate of drug-likeness (QED) is 0.318. The first-order valence-corrected chi connectivity index (χ1v) is 10.7. The Morgan fingerprint density at radius 1 is 1.29 bits per heavy atom. The molecule has 0 aromatic rings. The van der Waals surface area contributed by atoms with Gasteiger partial charge in [0.25, 0.3) is 0 Å². The van der Waals surface area contributed by atoms with Crippen LogP contribution in [0.5, 0.6) is 0 Å². The molecule has 2 aliphatic rings. The zero-order valence-corrected chi connectivity index (χ0v) is 17.9. The highest BCUT2D eigenvalue weighted by Gasteiger charge is 2.24. The molecule has 2 N–H and O–H groups in total. The number of amides is 1. The summed E-state index contributed by atoms with van der Waals surface area (Å²) in [6, 6.07) is 0.392. The van der Waals surface area contributed by atoms with Gasteiger partial charge in [0.1, 0.15) is 6.54 Å². The third-order valence-corrected chi connectivity index (χ3v) is 5.30. The molecule has 1 atom stereocenters. The van der Waals surface area contributed by atoms with Crippen molar-refractivity contribution in [3.05, 3.63) is 0 Å². The molecule has 2 rings (SSSR count). The van der Waals surface area contributed by atoms with Gasteiger partial charge in [-0.25, -0.2) is 4.99 Å². The van der Waals surface area contributed by atoms with Gasteiger partial charge in [0.2, 0.25) is 5.91 Å². The lowest BCUT2D eigenvalue weighted by molar-refractivity contribution is -0.127. The van der Waals surface area contributed by atoms with Gasteiger partial charge in [0, 0.05) is 66.1 Å². The smallest absolute Gasteiger partial charge is 0.243 e. The Hall–Kier alpha value is -1.38. The van der Waals surface area contributed by atoms with Gasteiger partial charge >= 0.3 is 0 Å². The summed E-state index contributed by atoms with van der Waals surface area (Å²) in [5.74, 6) is 1.43. The molecule has 2 fully saturated rings. The van der Waals surface area contributed by atoms with E-state index in [0.717, 1.165) is 77.8 Å². The van der Waals surface area contributed by atoms with Gasteiger partial charge in [-0.15, -0.1) is 0 Å². The summed E-state index contributed by atoms with van der Waals surface area (Å²) < 4.78 is 10.9. The summed E-state index contributed by atoms with van der Waals surface area (Å²) in [5.41, 5.74) is 0. The van der Waals surface area contributed by atoms with Crippen molar-refractivity contribution in [3.8, 4) is 0 Å². The Balaban J connectivity index is 1.76. The highest BCUT2D eigenvalue weighted by molar-refractivity contribution is 5.84. The fourth-order valence-electron chi connectivity index (χ4n) is 3.51. The maximum atomic E-state index is 11.9. The second kappa shape index (κ2) is 13.0. The third kappa shape index (κ3) is 8.75. The lowest BCUT2D eigenvalue weighted by Crippen LogP contribution is -2.49. The highest BCUT2D eigenvalue weighted by Crippen LogP contribution is 2.17. The molecular formula is C20H39N5O3. The van der Waals surface area contributed by atoms with Gasteiger partial charge in [-0.2, -0.15) is 0 Å². The molecule has 0 radical (unpaired) electrons. The van der Waals surface area contributed by atoms with Crippen molar-refractivity contribution >= 4 is 11.9 Å². The van der Waals surface area contributed by atoms with Crippen LogP contribution in [0.2, 0.25) is 0 Å². The van der Waals surface area contributed by atoms with Crippen LogP contribution >= 0.6 is 0 Å². The first kappa shape index (κ1) is 22.9. The molecule has 0 saturated carbocycles. The molecule has 1 unspecified atom stereocenters. The van der Waals surface area contributed by atoms with Crippen molar-refractivity contribution in [2.45, 2.75) is 38.6 Å². The van der Waals surface area contributed by atoms with Gasteiger partial charge in [-0.3, -0.25) is 4.79 Å². The molecule has 0 bridgehead atoms. The molecule has 2 aliphatic heterocycles. The number of aliphatic imine (C=N–C) groups is 1. The lowest BCUT2D eigenvalue weighted by atomic mass is 10.0. The van der Waals surface area contributed by atoms with Crippen molar-refractivity contribution in [1.29, 1.82) is 0 Å². The van der Waals surface area contributed by atoms with Crippen LogP contribution in [0.1, 0.15) is 32.6 Å². The monoisotopic (exact) mass is 397 g/mol. The SMILES string of the molecule is CCOCCCNC(=NCC(=O)N(C)C)NC1CCN(CC2CCOC2)CC1. The predicted molar refractivity (Wildman–Crippen MR) is 112 cm³/mol. The molecule has 0 aromatic carbocycles. The van der Waals surface area contributed by atoms with Crippen molar-refractivity contribution in [3.63, 3.8) is 0 Å². The minimum Gasteiger partial charge on any atom is -0.382 e. The standard InChI is InChI=1S/C20H39N5O3/c1-4-27-12-5-9-21-20(22-14-19(26)24(2)3)23-18-6-10-25(11-7-18)15-17-8-13-28-16-17/h17-18H,4-16H2,1-3H3,(H2,21,22,23). The molecule has 162 valence electrons. The number of hydrogen-bond donors (Lipinski definition) is 2. The van der Waals surface area contributed by atoms with E-state index in [1.165, 1.54) is 6.42 Å². The minimum absolute atomic E-state index is 0.00372. The van der Waals surface area contributed by atoms with Crippen LogP contribution < -0.4 is 10.6 Å². The van der Waals surface area contributed by atoms with Crippen LogP contribution in [-0.4, -0.2) is 101 Å². The van der Waals surface area contributed by atoms with Crippen molar-refractivity contribution in [1.82, 2.24) is 20.4 Å². The summed E-state index contributed by atoms with van der Waals surface area (Å²) >= 11 is 0. The van der Waals surface area contributed by atoms with Gasteiger partial charge in [-0.05, 0) is 38.5 Å². The van der Waals surface area contributed by atoms with Crippen LogP contribution in [-0.2, 0) is 14.3 Å². The lowest BCUT2D eigenvalue weighted by Gasteiger charge is -2.34. The van der Waals surface area contributed by atoms with Gasteiger partial charge < -0.3 is 29.9 Å². The largest absolute Gasteiger partial charge is 0.382 e. The number of nitrogens with one attached hydrogen (secondary N) is 2. The summed E-state index contributed by atoms with van der Waals surface area (Å²) in [4.78, 5) is 20.5. The van der Waals surface area contributed by atoms with E-state index < -0.39 is 0 Å². The van der Waals surface area contributed by atoms with E-state index in [4.69, 9.17) is 9.47 Å². The van der Waals surface area contributed by atoms with E-state index >= 15 is 0 Å². The van der Waals surface area contributed by atoms with Gasteiger partial charge in [-0.1, -0.05) is 0 Å². The number of likely N-dealkylation sites (N-methyl/N-ethyl adjacent to an activating group) is 1. The van der Waals surface area contributed by atoms with Gasteiger partial charge in [0.15, 0.2) is 5.96 Å². The molecule has 8 heteroatoms. The average Bonchev–Trinajstić information content (AvgIpc) is 3.19. The second-order valence-corrected chi connectivity index (χ2v) is 7.88. The zero-order chi connectivity index (χ0) is 20.2. The summed E-state index contributed by atoms with van der Waals surface area (Å²) in [5, 5.41) is 6.88. The van der Waals surface area contributed by atoms with Crippen molar-refractivity contribution in [2.24, 2.45) is 10.9 Å². The Bertz CT molecular complexity index is 472. The maximum Gasteiger partial charge on any atom is 0.243 e. The van der Waals surface area contributed by atoms with Crippen molar-refractivity contribution in [2.75, 3.05) is 73.2 Å². The molecule has 0 aromatic heterocycles. The number of carbonyl (C=O) groups excluding carboxylic acids is 1. The molecule has 2 heterocycles. The Labute approximate surface area is 170 Å². The fourth-order valence-corrected chi connectivity index (χ4v) is 3.51. The maximum absolute atomic E-state index is 11.9. The van der Waals surface area contributed by atoms with Gasteiger partial charge in [0.05, 0.1) is 6.61 Å². The molecule has 2 saturated heterocycles. The van der Waals surface area contributed by atoms with E-state index in [1.807, 2.05) is 6.92 Å². The summed E-state index contributed by atoms with van der Waals surface area (Å²) in [6.07, 6.45) is 4.29. The predicted octanol–water partition coefficient (Wildman–Crippen LogP) is 0.537. The number of carbonyl (C=O) groups is 1. The highest BCUT2D eigenvalue weighted by atomic mass is 16.5. The van der Waals surface area contributed by atoms with Crippen LogP contribution in [0, 0.1) is 5.92 Å². The molecule has 28 heavy (non-hydrogen) atoms. The number of rotatable bonds is 10.